The second-order valence-corrected chi connectivity index (χ2v) is 2.05. The molecule has 3 nitrogen and oxygen atoms in total. The van der Waals surface area contributed by atoms with Gasteiger partial charge in [-0.1, -0.05) is 6.07 Å². The minimum atomic E-state index is 0.238. The van der Waals surface area contributed by atoms with Gasteiger partial charge in [0, 0.05) is 0 Å². The fourth-order valence-electron chi connectivity index (χ4n) is 0.869. The molecule has 3 heteroatoms. The Morgan fingerprint density at radius 1 is 1.17 bits per heavy atom. The lowest BCUT2D eigenvalue weighted by molar-refractivity contribution is 0.470. The van der Waals surface area contributed by atoms with E-state index in [2.05, 4.69) is 11.8 Å². The van der Waals surface area contributed by atoms with E-state index in [1.165, 1.54) is 0 Å². The number of nitriles is 2. The zero-order valence-corrected chi connectivity index (χ0v) is 6.24. The van der Waals surface area contributed by atoms with E-state index in [1.807, 2.05) is 12.1 Å². The van der Waals surface area contributed by atoms with Crippen molar-refractivity contribution in [2.24, 2.45) is 0 Å². The molecule has 0 bridgehead atoms. The molecule has 0 unspecified atom stereocenters. The number of rotatable bonds is 1. The molecule has 1 rings (SSSR count). The molecule has 0 aliphatic rings. The zero-order valence-electron chi connectivity index (χ0n) is 6.24. The first kappa shape index (κ1) is 8.10. The lowest BCUT2D eigenvalue weighted by Gasteiger charge is -2.02. The van der Waals surface area contributed by atoms with Crippen LogP contribution in [0.5, 0.6) is 5.75 Å². The Hall–Kier alpha value is -2.00. The summed E-state index contributed by atoms with van der Waals surface area (Å²) in [5, 5.41) is 17.2. The Morgan fingerprint density at radius 2 is 1.67 bits per heavy atom. The van der Waals surface area contributed by atoms with Crippen LogP contribution in [0.2, 0.25) is 0 Å². The lowest BCUT2D eigenvalue weighted by atomic mass is 10.1. The molecule has 0 heterocycles. The van der Waals surface area contributed by atoms with Crippen molar-refractivity contribution in [3.63, 3.8) is 0 Å². The summed E-state index contributed by atoms with van der Waals surface area (Å²) in [6, 6.07) is 8.58. The third-order valence-corrected chi connectivity index (χ3v) is 1.40. The summed E-state index contributed by atoms with van der Waals surface area (Å²) in [7, 11) is 3.17. The summed E-state index contributed by atoms with van der Waals surface area (Å²) in [5.74, 6) is 0.238. The summed E-state index contributed by atoms with van der Waals surface area (Å²) in [5.41, 5.74) is 0.646. The minimum Gasteiger partial charge on any atom is -0.487 e. The van der Waals surface area contributed by atoms with Gasteiger partial charge in [0.1, 0.15) is 19.2 Å². The molecule has 0 aliphatic carbocycles. The van der Waals surface area contributed by atoms with Crippen molar-refractivity contribution in [3.8, 4) is 17.9 Å². The topological polar surface area (TPSA) is 56.8 Å². The van der Waals surface area contributed by atoms with Crippen LogP contribution >= 0.6 is 0 Å². The van der Waals surface area contributed by atoms with E-state index in [1.54, 1.807) is 18.2 Å². The molecule has 12 heavy (non-hydrogen) atoms. The first-order chi connectivity index (χ1) is 5.83. The van der Waals surface area contributed by atoms with Crippen LogP contribution in [0.4, 0.5) is 0 Å². The maximum absolute atomic E-state index is 8.60. The number of para-hydroxylation sites is 1. The van der Waals surface area contributed by atoms with E-state index in [9.17, 15) is 0 Å². The Kier molecular flexibility index (Phi) is 2.30. The van der Waals surface area contributed by atoms with Crippen LogP contribution in [0.3, 0.4) is 0 Å². The molecule has 0 N–H and O–H groups in total. The molecular formula is C9H5N2O. The number of hydrogen-bond acceptors (Lipinski definition) is 3. The average molecular weight is 157 g/mol. The molecule has 0 atom stereocenters. The van der Waals surface area contributed by atoms with E-state index in [4.69, 9.17) is 10.5 Å². The summed E-state index contributed by atoms with van der Waals surface area (Å²) in [4.78, 5) is 0. The highest BCUT2D eigenvalue weighted by Crippen LogP contribution is 2.21. The van der Waals surface area contributed by atoms with Crippen molar-refractivity contribution in [1.82, 2.24) is 0 Å². The van der Waals surface area contributed by atoms with E-state index in [-0.39, 0.29) is 5.75 Å². The normalized spacial score (nSPS) is 8.25. The largest absolute Gasteiger partial charge is 0.487 e. The van der Waals surface area contributed by atoms with Gasteiger partial charge in [-0.25, -0.2) is 0 Å². The monoisotopic (exact) mass is 157 g/mol. The highest BCUT2D eigenvalue weighted by Gasteiger charge is 2.06. The van der Waals surface area contributed by atoms with E-state index in [0.29, 0.717) is 11.1 Å². The second kappa shape index (κ2) is 3.41. The molecule has 0 saturated heterocycles. The van der Waals surface area contributed by atoms with Gasteiger partial charge < -0.3 is 4.74 Å². The molecule has 1 aromatic rings. The van der Waals surface area contributed by atoms with Crippen molar-refractivity contribution in [3.05, 3.63) is 36.4 Å². The van der Waals surface area contributed by atoms with Gasteiger partial charge in [-0.3, -0.25) is 0 Å². The quantitative estimate of drug-likeness (QED) is 0.622. The number of nitrogens with zero attached hydrogens (tertiary/aromatic N) is 2. The van der Waals surface area contributed by atoms with Gasteiger partial charge in [0.25, 0.3) is 0 Å². The number of ether oxygens (including phenoxy) is 1. The van der Waals surface area contributed by atoms with Gasteiger partial charge in [-0.15, -0.1) is 0 Å². The minimum absolute atomic E-state index is 0.238. The molecule has 1 radical (unpaired) electrons. The van der Waals surface area contributed by atoms with Crippen molar-refractivity contribution >= 4 is 0 Å². The van der Waals surface area contributed by atoms with Crippen molar-refractivity contribution in [2.45, 2.75) is 0 Å². The maximum Gasteiger partial charge on any atom is 0.154 e. The second-order valence-electron chi connectivity index (χ2n) is 2.05. The molecule has 57 valence electrons. The molecular weight excluding hydrogens is 152 g/mol. The van der Waals surface area contributed by atoms with Crippen molar-refractivity contribution < 1.29 is 4.74 Å². The highest BCUT2D eigenvalue weighted by molar-refractivity contribution is 5.53. The fourth-order valence-corrected chi connectivity index (χ4v) is 0.869. The van der Waals surface area contributed by atoms with Crippen LogP contribution in [-0.2, 0) is 0 Å². The summed E-state index contributed by atoms with van der Waals surface area (Å²) in [6.07, 6.45) is 0. The third-order valence-electron chi connectivity index (χ3n) is 1.40. The van der Waals surface area contributed by atoms with Crippen LogP contribution in [0.25, 0.3) is 0 Å². The molecule has 1 aromatic carbocycles. The van der Waals surface area contributed by atoms with Crippen LogP contribution in [0.1, 0.15) is 11.1 Å². The van der Waals surface area contributed by atoms with Crippen LogP contribution in [0, 0.1) is 29.8 Å². The van der Waals surface area contributed by atoms with Crippen molar-refractivity contribution in [2.75, 3.05) is 0 Å². The van der Waals surface area contributed by atoms with Gasteiger partial charge in [0.15, 0.2) is 5.75 Å². The molecule has 0 saturated carbocycles. The SMILES string of the molecule is [CH2]Oc1c(C#N)cccc1C#N. The third kappa shape index (κ3) is 1.21. The maximum atomic E-state index is 8.60. The molecule has 0 aromatic heterocycles. The smallest absolute Gasteiger partial charge is 0.154 e. The number of hydrogen-bond donors (Lipinski definition) is 0. The molecule has 0 aliphatic heterocycles. The highest BCUT2D eigenvalue weighted by atomic mass is 16.5. The van der Waals surface area contributed by atoms with Gasteiger partial charge >= 0.3 is 0 Å². The van der Waals surface area contributed by atoms with Gasteiger partial charge in [0.2, 0.25) is 0 Å². The van der Waals surface area contributed by atoms with Gasteiger partial charge in [-0.05, 0) is 12.1 Å². The first-order valence-corrected chi connectivity index (χ1v) is 3.18. The first-order valence-electron chi connectivity index (χ1n) is 3.18. The Bertz CT molecular complexity index is 339. The van der Waals surface area contributed by atoms with E-state index < -0.39 is 0 Å². The van der Waals surface area contributed by atoms with Crippen molar-refractivity contribution in [1.29, 1.82) is 10.5 Å². The number of benzene rings is 1. The van der Waals surface area contributed by atoms with Gasteiger partial charge in [-0.2, -0.15) is 10.5 Å². The summed E-state index contributed by atoms with van der Waals surface area (Å²) < 4.78 is 4.66. The standard InChI is InChI=1S/C9H5N2O/c1-12-9-7(5-10)3-2-4-8(9)6-11/h2-4H,1H2. The van der Waals surface area contributed by atoms with Crippen LogP contribution in [-0.4, -0.2) is 0 Å². The van der Waals surface area contributed by atoms with Gasteiger partial charge in [0.05, 0.1) is 11.1 Å². The lowest BCUT2D eigenvalue weighted by Crippen LogP contribution is -1.89. The Balaban J connectivity index is 3.37. The molecule has 0 fully saturated rings. The molecule has 0 spiro atoms. The predicted molar refractivity (Wildman–Crippen MR) is 41.9 cm³/mol. The predicted octanol–water partition coefficient (Wildman–Crippen LogP) is 1.60. The Morgan fingerprint density at radius 3 is 2.00 bits per heavy atom. The van der Waals surface area contributed by atoms with E-state index >= 15 is 0 Å². The summed E-state index contributed by atoms with van der Waals surface area (Å²) >= 11 is 0. The van der Waals surface area contributed by atoms with E-state index in [0.717, 1.165) is 0 Å². The average Bonchev–Trinajstić information content (AvgIpc) is 2.16. The van der Waals surface area contributed by atoms with Crippen LogP contribution < -0.4 is 4.74 Å². The fraction of sp³-hybridized carbons (Fsp3) is 0. The van der Waals surface area contributed by atoms with Crippen LogP contribution in [0.15, 0.2) is 18.2 Å². The Labute approximate surface area is 70.4 Å². The summed E-state index contributed by atoms with van der Waals surface area (Å²) in [6.45, 7) is 0. The molecule has 0 amide bonds. The zero-order chi connectivity index (χ0) is 8.97.